The summed E-state index contributed by atoms with van der Waals surface area (Å²) in [6.45, 7) is 4.17. The van der Waals surface area contributed by atoms with Gasteiger partial charge in [0.05, 0.1) is 30.5 Å². The summed E-state index contributed by atoms with van der Waals surface area (Å²) in [7, 11) is 1.90. The number of nitrogens with zero attached hydrogens (tertiary/aromatic N) is 5. The van der Waals surface area contributed by atoms with Crippen LogP contribution in [0.5, 0.6) is 0 Å². The van der Waals surface area contributed by atoms with Crippen molar-refractivity contribution in [2.45, 2.75) is 32.4 Å². The summed E-state index contributed by atoms with van der Waals surface area (Å²) in [5.41, 5.74) is 0.842. The van der Waals surface area contributed by atoms with Gasteiger partial charge in [-0.1, -0.05) is 0 Å². The van der Waals surface area contributed by atoms with Crippen LogP contribution >= 0.6 is 0 Å². The van der Waals surface area contributed by atoms with E-state index in [-0.39, 0.29) is 6.10 Å². The SMILES string of the molecule is Cc1nc(N(Cc2ccco2)CC2CCCO2)c2cnn(C)c2n1. The summed E-state index contributed by atoms with van der Waals surface area (Å²) in [6.07, 6.45) is 5.94. The molecule has 0 radical (unpaired) electrons. The van der Waals surface area contributed by atoms with Crippen molar-refractivity contribution in [2.24, 2.45) is 7.05 Å². The van der Waals surface area contributed by atoms with Gasteiger partial charge in [0, 0.05) is 20.2 Å². The molecule has 7 heteroatoms. The molecular weight excluding hydrogens is 306 g/mol. The maximum Gasteiger partial charge on any atom is 0.163 e. The highest BCUT2D eigenvalue weighted by Gasteiger charge is 2.23. The van der Waals surface area contributed by atoms with Crippen molar-refractivity contribution in [2.75, 3.05) is 18.1 Å². The molecule has 7 nitrogen and oxygen atoms in total. The fourth-order valence-corrected chi connectivity index (χ4v) is 3.20. The van der Waals surface area contributed by atoms with Crippen LogP contribution in [0.2, 0.25) is 0 Å². The summed E-state index contributed by atoms with van der Waals surface area (Å²) < 4.78 is 13.2. The second-order valence-corrected chi connectivity index (χ2v) is 6.19. The van der Waals surface area contributed by atoms with Gasteiger partial charge < -0.3 is 14.1 Å². The monoisotopic (exact) mass is 327 g/mol. The predicted octanol–water partition coefficient (Wildman–Crippen LogP) is 2.45. The zero-order valence-corrected chi connectivity index (χ0v) is 14.0. The van der Waals surface area contributed by atoms with Gasteiger partial charge in [0.1, 0.15) is 17.4 Å². The van der Waals surface area contributed by atoms with Gasteiger partial charge in [-0.2, -0.15) is 5.10 Å². The van der Waals surface area contributed by atoms with Gasteiger partial charge in [0.2, 0.25) is 0 Å². The molecule has 1 saturated heterocycles. The molecule has 0 aromatic carbocycles. The van der Waals surface area contributed by atoms with Gasteiger partial charge >= 0.3 is 0 Å². The molecule has 0 bridgehead atoms. The van der Waals surface area contributed by atoms with Crippen molar-refractivity contribution >= 4 is 16.9 Å². The van der Waals surface area contributed by atoms with Crippen LogP contribution in [0.3, 0.4) is 0 Å². The first-order chi connectivity index (χ1) is 11.7. The summed E-state index contributed by atoms with van der Waals surface area (Å²) in [4.78, 5) is 11.4. The number of anilines is 1. The molecule has 0 amide bonds. The van der Waals surface area contributed by atoms with Crippen LogP contribution < -0.4 is 4.90 Å². The molecule has 1 fully saturated rings. The van der Waals surface area contributed by atoms with Crippen molar-refractivity contribution < 1.29 is 9.15 Å². The highest BCUT2D eigenvalue weighted by molar-refractivity contribution is 5.86. The molecule has 4 rings (SSSR count). The van der Waals surface area contributed by atoms with Gasteiger partial charge in [-0.15, -0.1) is 0 Å². The summed E-state index contributed by atoms with van der Waals surface area (Å²) in [5.74, 6) is 2.52. The molecule has 0 aliphatic carbocycles. The third kappa shape index (κ3) is 2.87. The van der Waals surface area contributed by atoms with Crippen LogP contribution in [0.15, 0.2) is 29.0 Å². The molecule has 1 aliphatic heterocycles. The maximum absolute atomic E-state index is 5.84. The molecule has 3 aromatic heterocycles. The Bertz CT molecular complexity index is 821. The fourth-order valence-electron chi connectivity index (χ4n) is 3.20. The first kappa shape index (κ1) is 15.1. The van der Waals surface area contributed by atoms with Crippen molar-refractivity contribution in [3.63, 3.8) is 0 Å². The number of fused-ring (bicyclic) bond motifs is 1. The van der Waals surface area contributed by atoms with Gasteiger partial charge in [-0.25, -0.2) is 9.97 Å². The molecule has 0 saturated carbocycles. The molecule has 4 heterocycles. The molecule has 0 spiro atoms. The van der Waals surface area contributed by atoms with E-state index in [1.807, 2.05) is 32.3 Å². The second-order valence-electron chi connectivity index (χ2n) is 6.19. The normalized spacial score (nSPS) is 17.7. The van der Waals surface area contributed by atoms with Crippen LogP contribution in [-0.2, 0) is 18.3 Å². The Hall–Kier alpha value is -2.41. The lowest BCUT2D eigenvalue weighted by Gasteiger charge is -2.26. The van der Waals surface area contributed by atoms with E-state index in [1.165, 1.54) is 0 Å². The molecule has 1 unspecified atom stereocenters. The molecule has 3 aromatic rings. The Morgan fingerprint density at radius 3 is 3.04 bits per heavy atom. The summed E-state index contributed by atoms with van der Waals surface area (Å²) in [5, 5.41) is 5.29. The number of aryl methyl sites for hydroxylation is 2. The summed E-state index contributed by atoms with van der Waals surface area (Å²) in [6, 6.07) is 3.89. The Labute approximate surface area is 140 Å². The fraction of sp³-hybridized carbons (Fsp3) is 0.471. The van der Waals surface area contributed by atoms with Gasteiger partial charge in [-0.05, 0) is 31.9 Å². The maximum atomic E-state index is 5.84. The first-order valence-electron chi connectivity index (χ1n) is 8.26. The van der Waals surface area contributed by atoms with Gasteiger partial charge in [0.15, 0.2) is 5.65 Å². The zero-order valence-electron chi connectivity index (χ0n) is 14.0. The zero-order chi connectivity index (χ0) is 16.5. The largest absolute Gasteiger partial charge is 0.467 e. The Morgan fingerprint density at radius 2 is 2.29 bits per heavy atom. The van der Waals surface area contributed by atoms with Gasteiger partial charge in [-0.3, -0.25) is 4.68 Å². The number of furan rings is 1. The first-order valence-corrected chi connectivity index (χ1v) is 8.26. The van der Waals surface area contributed by atoms with E-state index < -0.39 is 0 Å². The standard InChI is InChI=1S/C17H21N5O2/c1-12-19-16-15(9-18-21(16)2)17(20-12)22(10-13-5-3-7-23-13)11-14-6-4-8-24-14/h3,5,7,9,14H,4,6,8,10-11H2,1-2H3. The van der Waals surface area contributed by atoms with Crippen LogP contribution in [0.25, 0.3) is 11.0 Å². The molecule has 0 N–H and O–H groups in total. The second kappa shape index (κ2) is 6.24. The topological polar surface area (TPSA) is 69.2 Å². The third-order valence-corrected chi connectivity index (χ3v) is 4.36. The van der Waals surface area contributed by atoms with Crippen molar-refractivity contribution in [1.29, 1.82) is 0 Å². The minimum Gasteiger partial charge on any atom is -0.467 e. The molecule has 24 heavy (non-hydrogen) atoms. The minimum absolute atomic E-state index is 0.224. The molecule has 1 aliphatic rings. The van der Waals surface area contributed by atoms with Gasteiger partial charge in [0.25, 0.3) is 0 Å². The Kier molecular flexibility index (Phi) is 3.93. The van der Waals surface area contributed by atoms with Crippen molar-refractivity contribution in [3.8, 4) is 0 Å². The average Bonchev–Trinajstić information content (AvgIpc) is 3.30. The van der Waals surface area contributed by atoms with Crippen LogP contribution in [-0.4, -0.2) is 39.0 Å². The van der Waals surface area contributed by atoms with E-state index >= 15 is 0 Å². The third-order valence-electron chi connectivity index (χ3n) is 4.36. The number of hydrogen-bond acceptors (Lipinski definition) is 6. The smallest absolute Gasteiger partial charge is 0.163 e. The van der Waals surface area contributed by atoms with E-state index in [0.29, 0.717) is 6.54 Å². The lowest BCUT2D eigenvalue weighted by Crippen LogP contribution is -2.32. The van der Waals surface area contributed by atoms with Crippen LogP contribution in [0.1, 0.15) is 24.4 Å². The molecule has 1 atom stereocenters. The van der Waals surface area contributed by atoms with E-state index in [1.54, 1.807) is 10.9 Å². The summed E-state index contributed by atoms with van der Waals surface area (Å²) >= 11 is 0. The Balaban J connectivity index is 1.74. The van der Waals surface area contributed by atoms with E-state index in [4.69, 9.17) is 14.1 Å². The minimum atomic E-state index is 0.224. The Morgan fingerprint density at radius 1 is 1.38 bits per heavy atom. The number of rotatable bonds is 5. The van der Waals surface area contributed by atoms with Crippen LogP contribution in [0.4, 0.5) is 5.82 Å². The molecular formula is C17H21N5O2. The van der Waals surface area contributed by atoms with E-state index in [2.05, 4.69) is 15.0 Å². The molecule has 126 valence electrons. The lowest BCUT2D eigenvalue weighted by atomic mass is 10.2. The van der Waals surface area contributed by atoms with Crippen molar-refractivity contribution in [1.82, 2.24) is 19.7 Å². The lowest BCUT2D eigenvalue weighted by molar-refractivity contribution is 0.115. The average molecular weight is 327 g/mol. The number of ether oxygens (including phenoxy) is 1. The van der Waals surface area contributed by atoms with Crippen molar-refractivity contribution in [3.05, 3.63) is 36.2 Å². The quantitative estimate of drug-likeness (QED) is 0.717. The number of aromatic nitrogens is 4. The number of hydrogen-bond donors (Lipinski definition) is 0. The highest BCUT2D eigenvalue weighted by Crippen LogP contribution is 2.27. The highest BCUT2D eigenvalue weighted by atomic mass is 16.5. The van der Waals surface area contributed by atoms with E-state index in [9.17, 15) is 0 Å². The predicted molar refractivity (Wildman–Crippen MR) is 89.8 cm³/mol. The van der Waals surface area contributed by atoms with E-state index in [0.717, 1.165) is 54.4 Å². The van der Waals surface area contributed by atoms with Crippen LogP contribution in [0, 0.1) is 6.92 Å².